The zero-order valence-electron chi connectivity index (χ0n) is 22.1. The number of aromatic nitrogens is 1. The van der Waals surface area contributed by atoms with Gasteiger partial charge in [-0.3, -0.25) is 4.90 Å². The maximum atomic E-state index is 10.6. The van der Waals surface area contributed by atoms with E-state index < -0.39 is 24.3 Å². The number of carboxylic acid groups (broad SMARTS) is 2. The van der Waals surface area contributed by atoms with Crippen molar-refractivity contribution >= 4 is 11.9 Å². The summed E-state index contributed by atoms with van der Waals surface area (Å²) in [6, 6.07) is 0.618. The molecule has 0 radical (unpaired) electrons. The summed E-state index contributed by atoms with van der Waals surface area (Å²) in [6.07, 6.45) is -3.48. The second kappa shape index (κ2) is 13.3. The quantitative estimate of drug-likeness (QED) is 0.480. The highest BCUT2D eigenvalue weighted by Gasteiger charge is 2.44. The minimum absolute atomic E-state index is 0.512. The molecule has 0 aromatic carbocycles. The number of carboxylic acids is 2. The van der Waals surface area contributed by atoms with Gasteiger partial charge in [0.2, 0.25) is 0 Å². The summed E-state index contributed by atoms with van der Waals surface area (Å²) in [5.74, 6) is -3.67. The van der Waals surface area contributed by atoms with E-state index in [9.17, 15) is 26.3 Å². The van der Waals surface area contributed by atoms with E-state index in [2.05, 4.69) is 28.9 Å². The van der Waals surface area contributed by atoms with Crippen LogP contribution in [0.3, 0.4) is 0 Å². The molecule has 2 N–H and O–H groups in total. The largest absolute Gasteiger partial charge is 0.490 e. The molecule has 3 fully saturated rings. The highest BCUT2D eigenvalue weighted by atomic mass is 19.4. The van der Waals surface area contributed by atoms with Gasteiger partial charge in [-0.2, -0.15) is 26.3 Å². The van der Waals surface area contributed by atoms with Crippen molar-refractivity contribution in [3.05, 3.63) is 17.0 Å². The average Bonchev–Trinajstić information content (AvgIpc) is 3.53. The number of halogens is 6. The lowest BCUT2D eigenvalue weighted by atomic mass is 9.76. The van der Waals surface area contributed by atoms with E-state index in [0.29, 0.717) is 11.5 Å². The fourth-order valence-corrected chi connectivity index (χ4v) is 4.72. The van der Waals surface area contributed by atoms with Crippen LogP contribution in [0.5, 0.6) is 0 Å². The molecule has 1 saturated carbocycles. The predicted octanol–water partition coefficient (Wildman–Crippen LogP) is 4.27. The van der Waals surface area contributed by atoms with E-state index >= 15 is 0 Å². The van der Waals surface area contributed by atoms with Crippen LogP contribution in [-0.2, 0) is 20.9 Å². The Morgan fingerprint density at radius 1 is 1.03 bits per heavy atom. The second-order valence-electron chi connectivity index (χ2n) is 10.4. The van der Waals surface area contributed by atoms with Crippen LogP contribution in [0.2, 0.25) is 0 Å². The van der Waals surface area contributed by atoms with Gasteiger partial charge >= 0.3 is 24.3 Å². The molecule has 1 aromatic heterocycles. The highest BCUT2D eigenvalue weighted by molar-refractivity contribution is 5.73. The molecular formula is C24H35F6N3O6. The molecule has 15 heteroatoms. The Labute approximate surface area is 222 Å². The van der Waals surface area contributed by atoms with Gasteiger partial charge in [-0.05, 0) is 77.4 Å². The Morgan fingerprint density at radius 3 is 1.95 bits per heavy atom. The number of hydrogen-bond acceptors (Lipinski definition) is 7. The first-order valence-electron chi connectivity index (χ1n) is 12.5. The van der Waals surface area contributed by atoms with Crippen LogP contribution in [0.1, 0.15) is 49.1 Å². The van der Waals surface area contributed by atoms with Crippen molar-refractivity contribution in [2.24, 2.45) is 11.3 Å². The fraction of sp³-hybridized carbons (Fsp3) is 0.792. The summed E-state index contributed by atoms with van der Waals surface area (Å²) in [4.78, 5) is 22.9. The number of ether oxygens (including phenoxy) is 1. The third-order valence-electron chi connectivity index (χ3n) is 7.20. The van der Waals surface area contributed by atoms with Gasteiger partial charge < -0.3 is 24.4 Å². The first-order chi connectivity index (χ1) is 17.9. The molecule has 1 spiro atoms. The van der Waals surface area contributed by atoms with E-state index in [4.69, 9.17) is 29.1 Å². The topological polar surface area (TPSA) is 116 Å². The third kappa shape index (κ3) is 10.6. The highest BCUT2D eigenvalue weighted by Crippen LogP contribution is 2.43. The summed E-state index contributed by atoms with van der Waals surface area (Å²) in [6.45, 7) is 10.6. The molecule has 3 aliphatic rings. The van der Waals surface area contributed by atoms with Gasteiger partial charge in [0.05, 0.1) is 12.3 Å². The Kier molecular flexibility index (Phi) is 11.2. The summed E-state index contributed by atoms with van der Waals surface area (Å²) < 4.78 is 74.8. The Bertz CT molecular complexity index is 912. The molecule has 224 valence electrons. The van der Waals surface area contributed by atoms with E-state index in [1.54, 1.807) is 0 Å². The van der Waals surface area contributed by atoms with Crippen LogP contribution >= 0.6 is 0 Å². The maximum absolute atomic E-state index is 10.6. The predicted molar refractivity (Wildman–Crippen MR) is 125 cm³/mol. The Morgan fingerprint density at radius 2 is 1.54 bits per heavy atom. The van der Waals surface area contributed by atoms with Crippen molar-refractivity contribution in [1.29, 1.82) is 0 Å². The van der Waals surface area contributed by atoms with Gasteiger partial charge in [-0.1, -0.05) is 5.16 Å². The molecule has 1 unspecified atom stereocenters. The number of likely N-dealkylation sites (N-methyl/N-ethyl adjacent to an activating group) is 1. The molecule has 0 bridgehead atoms. The fourth-order valence-electron chi connectivity index (χ4n) is 4.72. The first kappa shape index (κ1) is 32.8. The van der Waals surface area contributed by atoms with Crippen LogP contribution in [0.4, 0.5) is 26.3 Å². The number of alkyl halides is 6. The van der Waals surface area contributed by atoms with Crippen molar-refractivity contribution in [3.8, 4) is 0 Å². The van der Waals surface area contributed by atoms with Crippen LogP contribution in [0.15, 0.2) is 4.52 Å². The summed E-state index contributed by atoms with van der Waals surface area (Å²) in [7, 11) is 2.29. The minimum atomic E-state index is -5.08. The molecular weight excluding hydrogens is 540 g/mol. The molecule has 39 heavy (non-hydrogen) atoms. The van der Waals surface area contributed by atoms with Gasteiger partial charge in [0, 0.05) is 31.3 Å². The molecule has 2 aliphatic heterocycles. The lowest BCUT2D eigenvalue weighted by Gasteiger charge is -2.39. The summed E-state index contributed by atoms with van der Waals surface area (Å²) >= 11 is 0. The molecule has 3 heterocycles. The SMILES string of the molecule is Cc1noc(C)c1CN1CCC2(CC1)CC(COCC1CC1)N(C)C2.O=C(O)C(F)(F)F.O=C(O)C(F)(F)F. The number of rotatable bonds is 6. The van der Waals surface area contributed by atoms with E-state index in [-0.39, 0.29) is 0 Å². The zero-order valence-corrected chi connectivity index (χ0v) is 22.1. The van der Waals surface area contributed by atoms with Crippen LogP contribution in [-0.4, -0.2) is 95.4 Å². The molecule has 0 amide bonds. The van der Waals surface area contributed by atoms with Gasteiger partial charge in [0.1, 0.15) is 5.76 Å². The second-order valence-corrected chi connectivity index (χ2v) is 10.4. The lowest BCUT2D eigenvalue weighted by Crippen LogP contribution is -2.41. The number of nitrogens with zero attached hydrogens (tertiary/aromatic N) is 3. The van der Waals surface area contributed by atoms with Crippen molar-refractivity contribution in [3.63, 3.8) is 0 Å². The smallest absolute Gasteiger partial charge is 0.475 e. The monoisotopic (exact) mass is 575 g/mol. The van der Waals surface area contributed by atoms with E-state index in [1.807, 2.05) is 6.92 Å². The van der Waals surface area contributed by atoms with Crippen LogP contribution in [0.25, 0.3) is 0 Å². The van der Waals surface area contributed by atoms with Crippen LogP contribution < -0.4 is 0 Å². The van der Waals surface area contributed by atoms with E-state index in [1.165, 1.54) is 57.3 Å². The standard InChI is InChI=1S/C20H33N3O2.2C2HF3O2/c1-15-19(16(2)25-21-15)11-23-8-6-20(7-9-23)10-18(22(3)14-20)13-24-12-17-4-5-17;2*3-2(4,5)1(6)7/h17-18H,4-14H2,1-3H3;2*(H,6,7). The summed E-state index contributed by atoms with van der Waals surface area (Å²) in [5.41, 5.74) is 2.84. The van der Waals surface area contributed by atoms with Crippen molar-refractivity contribution in [2.75, 3.05) is 39.9 Å². The van der Waals surface area contributed by atoms with E-state index in [0.717, 1.165) is 37.1 Å². The van der Waals surface area contributed by atoms with Gasteiger partial charge in [0.25, 0.3) is 0 Å². The Hall–Kier alpha value is -2.39. The average molecular weight is 576 g/mol. The lowest BCUT2D eigenvalue weighted by molar-refractivity contribution is -0.193. The van der Waals surface area contributed by atoms with Gasteiger partial charge in [-0.25, -0.2) is 9.59 Å². The van der Waals surface area contributed by atoms with Crippen molar-refractivity contribution in [1.82, 2.24) is 15.0 Å². The third-order valence-corrected chi connectivity index (χ3v) is 7.20. The number of carbonyl (C=O) groups is 2. The molecule has 1 atom stereocenters. The number of hydrogen-bond donors (Lipinski definition) is 2. The molecule has 2 saturated heterocycles. The first-order valence-corrected chi connectivity index (χ1v) is 12.5. The number of likely N-dealkylation sites (tertiary alicyclic amines) is 2. The van der Waals surface area contributed by atoms with Crippen LogP contribution in [0, 0.1) is 25.2 Å². The maximum Gasteiger partial charge on any atom is 0.490 e. The molecule has 1 aliphatic carbocycles. The molecule has 4 rings (SSSR count). The van der Waals surface area contributed by atoms with Gasteiger partial charge in [0.15, 0.2) is 0 Å². The number of aryl methyl sites for hydroxylation is 2. The van der Waals surface area contributed by atoms with Gasteiger partial charge in [-0.15, -0.1) is 0 Å². The van der Waals surface area contributed by atoms with Crippen molar-refractivity contribution < 1.29 is 55.4 Å². The molecule has 9 nitrogen and oxygen atoms in total. The Balaban J connectivity index is 0.000000317. The molecule has 1 aromatic rings. The zero-order chi connectivity index (χ0) is 29.6. The minimum Gasteiger partial charge on any atom is -0.475 e. The number of piperidine rings is 1. The van der Waals surface area contributed by atoms with Crippen molar-refractivity contribution in [2.45, 2.75) is 70.9 Å². The summed E-state index contributed by atoms with van der Waals surface area (Å²) in [5, 5.41) is 18.3. The number of aliphatic carboxylic acids is 2. The normalized spacial score (nSPS) is 21.6.